The SMILES string of the molecule is CCC1c2ccccc2C(=C2CCCc3ccc4ccccc4c32)c2ccccc2C1CC. The Morgan fingerprint density at radius 2 is 1.24 bits per heavy atom. The highest BCUT2D eigenvalue weighted by atomic mass is 14.4. The van der Waals surface area contributed by atoms with Crippen LogP contribution in [0.4, 0.5) is 0 Å². The number of benzene rings is 4. The molecule has 0 nitrogen and oxygen atoms in total. The van der Waals surface area contributed by atoms with E-state index in [-0.39, 0.29) is 0 Å². The Balaban J connectivity index is 1.77. The normalized spacial score (nSPS) is 19.6. The van der Waals surface area contributed by atoms with Crippen molar-refractivity contribution < 1.29 is 0 Å². The van der Waals surface area contributed by atoms with Crippen molar-refractivity contribution in [3.63, 3.8) is 0 Å². The van der Waals surface area contributed by atoms with Crippen LogP contribution in [0, 0.1) is 0 Å². The van der Waals surface area contributed by atoms with Crippen molar-refractivity contribution in [2.75, 3.05) is 0 Å². The molecule has 0 heterocycles. The zero-order valence-corrected chi connectivity index (χ0v) is 19.8. The fourth-order valence-corrected chi connectivity index (χ4v) is 6.72. The first-order valence-electron chi connectivity index (χ1n) is 12.7. The van der Waals surface area contributed by atoms with Gasteiger partial charge in [0, 0.05) is 0 Å². The van der Waals surface area contributed by atoms with E-state index in [9.17, 15) is 0 Å². The van der Waals surface area contributed by atoms with Crippen molar-refractivity contribution in [2.24, 2.45) is 0 Å². The van der Waals surface area contributed by atoms with Crippen LogP contribution in [0.1, 0.15) is 84.7 Å². The van der Waals surface area contributed by atoms with E-state index in [1.807, 2.05) is 0 Å². The van der Waals surface area contributed by atoms with Gasteiger partial charge in [0.2, 0.25) is 0 Å². The molecule has 33 heavy (non-hydrogen) atoms. The highest BCUT2D eigenvalue weighted by Crippen LogP contribution is 2.51. The summed E-state index contributed by atoms with van der Waals surface area (Å²) in [6.07, 6.45) is 5.89. The molecule has 4 aromatic rings. The van der Waals surface area contributed by atoms with Gasteiger partial charge in [-0.15, -0.1) is 0 Å². The summed E-state index contributed by atoms with van der Waals surface area (Å²) in [5.74, 6) is 1.11. The maximum absolute atomic E-state index is 2.41. The van der Waals surface area contributed by atoms with Crippen LogP contribution in [0.2, 0.25) is 0 Å². The lowest BCUT2D eigenvalue weighted by molar-refractivity contribution is 0.511. The topological polar surface area (TPSA) is 0 Å². The van der Waals surface area contributed by atoms with Gasteiger partial charge in [0.15, 0.2) is 0 Å². The molecule has 2 unspecified atom stereocenters. The lowest BCUT2D eigenvalue weighted by Gasteiger charge is -2.26. The highest BCUT2D eigenvalue weighted by Gasteiger charge is 2.33. The maximum Gasteiger partial charge on any atom is -0.00673 e. The van der Waals surface area contributed by atoms with E-state index in [0.717, 1.165) is 6.42 Å². The lowest BCUT2D eigenvalue weighted by atomic mass is 9.78. The van der Waals surface area contributed by atoms with Gasteiger partial charge < -0.3 is 0 Å². The molecule has 0 spiro atoms. The summed E-state index contributed by atoms with van der Waals surface area (Å²) in [5, 5.41) is 2.76. The smallest absolute Gasteiger partial charge is 0.00673 e. The average molecular weight is 429 g/mol. The van der Waals surface area contributed by atoms with Crippen molar-refractivity contribution in [1.29, 1.82) is 0 Å². The van der Waals surface area contributed by atoms with Crippen LogP contribution in [-0.4, -0.2) is 0 Å². The van der Waals surface area contributed by atoms with E-state index in [2.05, 4.69) is 98.8 Å². The number of hydrogen-bond donors (Lipinski definition) is 0. The van der Waals surface area contributed by atoms with Gasteiger partial charge in [-0.25, -0.2) is 0 Å². The molecule has 0 radical (unpaired) electrons. The Hall–Kier alpha value is -3.12. The summed E-state index contributed by atoms with van der Waals surface area (Å²) in [5.41, 5.74) is 12.1. The largest absolute Gasteiger partial charge is 0.0648 e. The molecule has 4 aromatic carbocycles. The van der Waals surface area contributed by atoms with Crippen molar-refractivity contribution in [1.82, 2.24) is 0 Å². The molecule has 0 fully saturated rings. The second-order valence-electron chi connectivity index (χ2n) is 9.73. The average Bonchev–Trinajstić information content (AvgIpc) is 3.00. The van der Waals surface area contributed by atoms with E-state index in [1.54, 1.807) is 5.57 Å². The molecule has 0 amide bonds. The summed E-state index contributed by atoms with van der Waals surface area (Å²) in [6.45, 7) is 4.74. The zero-order chi connectivity index (χ0) is 22.4. The van der Waals surface area contributed by atoms with Gasteiger partial charge in [0.1, 0.15) is 0 Å². The van der Waals surface area contributed by atoms with E-state index < -0.39 is 0 Å². The molecular formula is C33H32. The lowest BCUT2D eigenvalue weighted by Crippen LogP contribution is -2.10. The molecule has 2 aliphatic carbocycles. The minimum absolute atomic E-state index is 0.557. The van der Waals surface area contributed by atoms with E-state index in [0.29, 0.717) is 11.8 Å². The van der Waals surface area contributed by atoms with Crippen LogP contribution in [0.5, 0.6) is 0 Å². The zero-order valence-electron chi connectivity index (χ0n) is 19.8. The Morgan fingerprint density at radius 1 is 0.636 bits per heavy atom. The molecule has 2 aliphatic rings. The number of fused-ring (bicyclic) bond motifs is 5. The number of aryl methyl sites for hydroxylation is 1. The molecule has 0 heteroatoms. The summed E-state index contributed by atoms with van der Waals surface area (Å²) in [4.78, 5) is 0. The molecule has 0 bridgehead atoms. The van der Waals surface area contributed by atoms with Crippen molar-refractivity contribution >= 4 is 21.9 Å². The van der Waals surface area contributed by atoms with Gasteiger partial charge in [-0.2, -0.15) is 0 Å². The minimum atomic E-state index is 0.557. The van der Waals surface area contributed by atoms with Gasteiger partial charge in [-0.3, -0.25) is 0 Å². The monoisotopic (exact) mass is 428 g/mol. The van der Waals surface area contributed by atoms with E-state index >= 15 is 0 Å². The van der Waals surface area contributed by atoms with Gasteiger partial charge in [-0.1, -0.05) is 98.8 Å². The molecule has 164 valence electrons. The van der Waals surface area contributed by atoms with E-state index in [1.165, 1.54) is 75.4 Å². The minimum Gasteiger partial charge on any atom is -0.0648 e. The molecule has 6 rings (SSSR count). The van der Waals surface area contributed by atoms with Gasteiger partial charge in [0.25, 0.3) is 0 Å². The Bertz CT molecular complexity index is 1310. The predicted octanol–water partition coefficient (Wildman–Crippen LogP) is 9.14. The van der Waals surface area contributed by atoms with E-state index in [4.69, 9.17) is 0 Å². The first kappa shape index (κ1) is 20.5. The third kappa shape index (κ3) is 3.19. The van der Waals surface area contributed by atoms with Crippen molar-refractivity contribution in [3.8, 4) is 0 Å². The molecule has 0 aliphatic heterocycles. The first-order valence-corrected chi connectivity index (χ1v) is 12.7. The van der Waals surface area contributed by atoms with Gasteiger partial charge in [-0.05, 0) is 99.2 Å². The Morgan fingerprint density at radius 3 is 1.91 bits per heavy atom. The fraction of sp³-hybridized carbons (Fsp3) is 0.273. The summed E-state index contributed by atoms with van der Waals surface area (Å²) in [6, 6.07) is 32.3. The molecular weight excluding hydrogens is 396 g/mol. The Labute approximate surface area is 198 Å². The second kappa shape index (κ2) is 8.34. The van der Waals surface area contributed by atoms with Crippen LogP contribution in [0.15, 0.2) is 84.9 Å². The molecule has 0 aromatic heterocycles. The van der Waals surface area contributed by atoms with Gasteiger partial charge >= 0.3 is 0 Å². The van der Waals surface area contributed by atoms with Crippen LogP contribution >= 0.6 is 0 Å². The summed E-state index contributed by atoms with van der Waals surface area (Å²) >= 11 is 0. The third-order valence-electron chi connectivity index (χ3n) is 8.12. The second-order valence-corrected chi connectivity index (χ2v) is 9.73. The number of allylic oxidation sites excluding steroid dienone is 1. The Kier molecular flexibility index (Phi) is 5.18. The molecule has 0 saturated carbocycles. The standard InChI is InChI=1S/C33H32/c1-3-24-25(4-2)28-16-8-10-18-30(28)33(29-17-9-7-15-27(24)29)31-19-11-13-23-21-20-22-12-5-6-14-26(22)32(23)31/h5-10,12,14-18,20-21,24-25H,3-4,11,13,19H2,1-2H3. The first-order chi connectivity index (χ1) is 16.3. The third-order valence-corrected chi connectivity index (χ3v) is 8.12. The molecule has 0 saturated heterocycles. The van der Waals surface area contributed by atoms with Crippen molar-refractivity contribution in [3.05, 3.63) is 118 Å². The number of hydrogen-bond acceptors (Lipinski definition) is 0. The quantitative estimate of drug-likeness (QED) is 0.298. The van der Waals surface area contributed by atoms with Crippen LogP contribution in [0.25, 0.3) is 21.9 Å². The fourth-order valence-electron chi connectivity index (χ4n) is 6.72. The summed E-state index contributed by atoms with van der Waals surface area (Å²) < 4.78 is 0. The maximum atomic E-state index is 2.41. The van der Waals surface area contributed by atoms with Crippen LogP contribution in [-0.2, 0) is 6.42 Å². The molecule has 0 N–H and O–H groups in total. The predicted molar refractivity (Wildman–Crippen MR) is 142 cm³/mol. The van der Waals surface area contributed by atoms with Crippen LogP contribution < -0.4 is 0 Å². The van der Waals surface area contributed by atoms with Gasteiger partial charge in [0.05, 0.1) is 0 Å². The van der Waals surface area contributed by atoms with Crippen LogP contribution in [0.3, 0.4) is 0 Å². The highest BCUT2D eigenvalue weighted by molar-refractivity contribution is 6.07. The van der Waals surface area contributed by atoms with Crippen molar-refractivity contribution in [2.45, 2.75) is 57.8 Å². The molecule has 2 atom stereocenters. The number of rotatable bonds is 2. The summed E-state index contributed by atoms with van der Waals surface area (Å²) in [7, 11) is 0.